The van der Waals surface area contributed by atoms with Gasteiger partial charge in [0, 0.05) is 32.5 Å². The van der Waals surface area contributed by atoms with E-state index >= 15 is 0 Å². The molecule has 1 aliphatic carbocycles. The molecule has 1 heterocycles. The van der Waals surface area contributed by atoms with Crippen molar-refractivity contribution >= 4 is 11.8 Å². The number of carbonyl (C=O) groups excluding carboxylic acids is 2. The van der Waals surface area contributed by atoms with Crippen molar-refractivity contribution in [3.05, 3.63) is 34.9 Å². The third-order valence-corrected chi connectivity index (χ3v) is 3.85. The molecule has 4 heteroatoms. The van der Waals surface area contributed by atoms with E-state index < -0.39 is 0 Å². The van der Waals surface area contributed by atoms with E-state index in [1.54, 1.807) is 6.92 Å². The molecule has 2 aliphatic rings. The smallest absolute Gasteiger partial charge is 0.223 e. The Bertz CT molecular complexity index is 535. The van der Waals surface area contributed by atoms with Gasteiger partial charge < -0.3 is 10.2 Å². The van der Waals surface area contributed by atoms with Gasteiger partial charge in [-0.1, -0.05) is 18.2 Å². The lowest BCUT2D eigenvalue weighted by Crippen LogP contribution is -2.24. The lowest BCUT2D eigenvalue weighted by atomic mass is 10.1. The fourth-order valence-electron chi connectivity index (χ4n) is 2.46. The molecule has 1 N–H and O–H groups in total. The van der Waals surface area contributed by atoms with Crippen LogP contribution in [0.2, 0.25) is 0 Å². The van der Waals surface area contributed by atoms with Gasteiger partial charge in [-0.3, -0.25) is 9.59 Å². The van der Waals surface area contributed by atoms with Crippen molar-refractivity contribution in [2.24, 2.45) is 5.92 Å². The quantitative estimate of drug-likeness (QED) is 0.894. The molecule has 2 amide bonds. The second kappa shape index (κ2) is 4.68. The normalized spacial score (nSPS) is 17.2. The van der Waals surface area contributed by atoms with Crippen molar-refractivity contribution in [1.29, 1.82) is 0 Å². The number of nitrogens with zero attached hydrogens (tertiary/aromatic N) is 1. The summed E-state index contributed by atoms with van der Waals surface area (Å²) in [5.74, 6) is 0.535. The predicted molar refractivity (Wildman–Crippen MR) is 70.9 cm³/mol. The number of amides is 2. The predicted octanol–water partition coefficient (Wildman–Crippen LogP) is 1.57. The zero-order valence-electron chi connectivity index (χ0n) is 11.1. The largest absolute Gasteiger partial charge is 0.352 e. The minimum atomic E-state index is 0.111. The number of carbonyl (C=O) groups is 2. The van der Waals surface area contributed by atoms with Crippen molar-refractivity contribution in [1.82, 2.24) is 10.2 Å². The summed E-state index contributed by atoms with van der Waals surface area (Å²) in [5.41, 5.74) is 3.53. The Morgan fingerprint density at radius 3 is 2.68 bits per heavy atom. The van der Waals surface area contributed by atoms with Crippen LogP contribution in [0.1, 0.15) is 36.5 Å². The Kier molecular flexibility index (Phi) is 3.01. The average molecular weight is 258 g/mol. The topological polar surface area (TPSA) is 49.4 Å². The van der Waals surface area contributed by atoms with E-state index in [1.807, 2.05) is 11.0 Å². The monoisotopic (exact) mass is 258 g/mol. The van der Waals surface area contributed by atoms with E-state index in [4.69, 9.17) is 0 Å². The van der Waals surface area contributed by atoms with Gasteiger partial charge in [0.05, 0.1) is 0 Å². The molecule has 100 valence electrons. The molecule has 0 aromatic heterocycles. The minimum absolute atomic E-state index is 0.111. The van der Waals surface area contributed by atoms with Crippen LogP contribution in [0.3, 0.4) is 0 Å². The van der Waals surface area contributed by atoms with Crippen molar-refractivity contribution in [3.8, 4) is 0 Å². The van der Waals surface area contributed by atoms with E-state index in [-0.39, 0.29) is 17.7 Å². The van der Waals surface area contributed by atoms with E-state index in [2.05, 4.69) is 17.4 Å². The van der Waals surface area contributed by atoms with Crippen molar-refractivity contribution in [2.45, 2.75) is 39.4 Å². The Hall–Kier alpha value is -1.84. The van der Waals surface area contributed by atoms with Gasteiger partial charge in [0.15, 0.2) is 0 Å². The summed E-state index contributed by atoms with van der Waals surface area (Å²) >= 11 is 0. The number of rotatable bonds is 3. The highest BCUT2D eigenvalue weighted by molar-refractivity contribution is 5.80. The van der Waals surface area contributed by atoms with Crippen LogP contribution < -0.4 is 5.32 Å². The molecule has 0 saturated heterocycles. The zero-order valence-corrected chi connectivity index (χ0v) is 11.1. The van der Waals surface area contributed by atoms with Gasteiger partial charge in [0.25, 0.3) is 0 Å². The van der Waals surface area contributed by atoms with Gasteiger partial charge in [-0.05, 0) is 29.5 Å². The van der Waals surface area contributed by atoms with Crippen LogP contribution in [0.15, 0.2) is 18.2 Å². The Balaban J connectivity index is 1.64. The van der Waals surface area contributed by atoms with Gasteiger partial charge in [-0.2, -0.15) is 0 Å². The van der Waals surface area contributed by atoms with E-state index in [9.17, 15) is 9.59 Å². The Labute approximate surface area is 112 Å². The van der Waals surface area contributed by atoms with Crippen molar-refractivity contribution in [2.75, 3.05) is 0 Å². The van der Waals surface area contributed by atoms with Crippen LogP contribution in [0.5, 0.6) is 0 Å². The number of hydrogen-bond acceptors (Lipinski definition) is 2. The lowest BCUT2D eigenvalue weighted by Gasteiger charge is -2.11. The Morgan fingerprint density at radius 2 is 2.00 bits per heavy atom. The summed E-state index contributed by atoms with van der Waals surface area (Å²) in [6.07, 6.45) is 2.06. The molecule has 0 bridgehead atoms. The molecular weight excluding hydrogens is 240 g/mol. The van der Waals surface area contributed by atoms with E-state index in [0.29, 0.717) is 19.6 Å². The molecule has 3 rings (SSSR count). The van der Waals surface area contributed by atoms with Crippen LogP contribution in [0.4, 0.5) is 0 Å². The molecule has 1 saturated carbocycles. The minimum Gasteiger partial charge on any atom is -0.352 e. The molecule has 0 unspecified atom stereocenters. The highest BCUT2D eigenvalue weighted by Crippen LogP contribution is 2.29. The number of hydrogen-bond donors (Lipinski definition) is 1. The highest BCUT2D eigenvalue weighted by atomic mass is 16.2. The summed E-state index contributed by atoms with van der Waals surface area (Å²) in [5, 5.41) is 2.97. The molecule has 1 aromatic rings. The molecule has 1 aliphatic heterocycles. The summed E-state index contributed by atoms with van der Waals surface area (Å²) < 4.78 is 0. The van der Waals surface area contributed by atoms with Crippen molar-refractivity contribution < 1.29 is 9.59 Å². The molecule has 1 aromatic carbocycles. The second-order valence-corrected chi connectivity index (χ2v) is 5.47. The number of fused-ring (bicyclic) bond motifs is 1. The van der Waals surface area contributed by atoms with Gasteiger partial charge in [0.2, 0.25) is 11.8 Å². The first-order valence-electron chi connectivity index (χ1n) is 6.77. The molecular formula is C15H18N2O2. The first-order chi connectivity index (χ1) is 9.13. The van der Waals surface area contributed by atoms with Gasteiger partial charge >= 0.3 is 0 Å². The first kappa shape index (κ1) is 12.2. The van der Waals surface area contributed by atoms with Crippen LogP contribution in [-0.4, -0.2) is 16.7 Å². The SMILES string of the molecule is CC(=O)N1Cc2ccc(CNC(=O)C3CC3)cc2C1. The van der Waals surface area contributed by atoms with Crippen LogP contribution >= 0.6 is 0 Å². The van der Waals surface area contributed by atoms with E-state index in [1.165, 1.54) is 11.1 Å². The molecule has 0 radical (unpaired) electrons. The lowest BCUT2D eigenvalue weighted by molar-refractivity contribution is -0.129. The third kappa shape index (κ3) is 2.62. The van der Waals surface area contributed by atoms with Gasteiger partial charge in [-0.25, -0.2) is 0 Å². The molecule has 1 fully saturated rings. The second-order valence-electron chi connectivity index (χ2n) is 5.47. The molecule has 4 nitrogen and oxygen atoms in total. The molecule has 0 atom stereocenters. The van der Waals surface area contributed by atoms with Crippen LogP contribution in [-0.2, 0) is 29.2 Å². The summed E-state index contributed by atoms with van der Waals surface area (Å²) in [6, 6.07) is 6.21. The standard InChI is InChI=1S/C15H18N2O2/c1-10(18)17-8-13-3-2-11(6-14(13)9-17)7-16-15(19)12-4-5-12/h2-3,6,12H,4-5,7-9H2,1H3,(H,16,19). The fourth-order valence-corrected chi connectivity index (χ4v) is 2.46. The van der Waals surface area contributed by atoms with Crippen molar-refractivity contribution in [3.63, 3.8) is 0 Å². The maximum Gasteiger partial charge on any atom is 0.223 e. The molecule has 19 heavy (non-hydrogen) atoms. The molecule has 0 spiro atoms. The van der Waals surface area contributed by atoms with Gasteiger partial charge in [-0.15, -0.1) is 0 Å². The number of benzene rings is 1. The average Bonchev–Trinajstić information content (AvgIpc) is 3.14. The van der Waals surface area contributed by atoms with E-state index in [0.717, 1.165) is 18.4 Å². The van der Waals surface area contributed by atoms with Gasteiger partial charge in [0.1, 0.15) is 0 Å². The Morgan fingerprint density at radius 1 is 1.26 bits per heavy atom. The fraction of sp³-hybridized carbons (Fsp3) is 0.467. The van der Waals surface area contributed by atoms with Crippen LogP contribution in [0.25, 0.3) is 0 Å². The summed E-state index contributed by atoms with van der Waals surface area (Å²) in [4.78, 5) is 24.8. The van der Waals surface area contributed by atoms with Crippen LogP contribution in [0, 0.1) is 5.92 Å². The summed E-state index contributed by atoms with van der Waals surface area (Å²) in [6.45, 7) is 3.58. The first-order valence-corrected chi connectivity index (χ1v) is 6.77. The maximum absolute atomic E-state index is 11.6. The summed E-state index contributed by atoms with van der Waals surface area (Å²) in [7, 11) is 0. The third-order valence-electron chi connectivity index (χ3n) is 3.85. The maximum atomic E-state index is 11.6. The highest BCUT2D eigenvalue weighted by Gasteiger charge is 2.29. The number of nitrogens with one attached hydrogen (secondary N) is 1. The zero-order chi connectivity index (χ0) is 13.4.